The third-order valence-corrected chi connectivity index (χ3v) is 1.94. The molecule has 1 aliphatic heterocycles. The predicted molar refractivity (Wildman–Crippen MR) is 47.8 cm³/mol. The van der Waals surface area contributed by atoms with E-state index in [-0.39, 0.29) is 6.04 Å². The lowest BCUT2D eigenvalue weighted by Crippen LogP contribution is -2.17. The molecule has 2 N–H and O–H groups in total. The second kappa shape index (κ2) is 3.22. The Balaban J connectivity index is 2.35. The van der Waals surface area contributed by atoms with Gasteiger partial charge in [-0.25, -0.2) is 4.98 Å². The second-order valence-corrected chi connectivity index (χ2v) is 3.06. The predicted octanol–water partition coefficient (Wildman–Crippen LogP) is 0.873. The van der Waals surface area contributed by atoms with Crippen LogP contribution in [0.25, 0.3) is 0 Å². The van der Waals surface area contributed by atoms with Crippen LogP contribution in [-0.2, 0) is 0 Å². The molecule has 1 aromatic heterocycles. The molecule has 1 unspecified atom stereocenters. The average molecular weight is 180 g/mol. The Bertz CT molecular complexity index is 312. The minimum atomic E-state index is -0.0247. The van der Waals surface area contributed by atoms with Crippen molar-refractivity contribution in [3.63, 3.8) is 0 Å². The summed E-state index contributed by atoms with van der Waals surface area (Å²) < 4.78 is 10.7. The van der Waals surface area contributed by atoms with Gasteiger partial charge in [-0.3, -0.25) is 0 Å². The van der Waals surface area contributed by atoms with Gasteiger partial charge < -0.3 is 15.2 Å². The van der Waals surface area contributed by atoms with Crippen molar-refractivity contribution in [2.75, 3.05) is 13.2 Å². The van der Waals surface area contributed by atoms with Gasteiger partial charge in [0.15, 0.2) is 5.75 Å². The van der Waals surface area contributed by atoms with Gasteiger partial charge >= 0.3 is 0 Å². The Morgan fingerprint density at radius 3 is 3.00 bits per heavy atom. The summed E-state index contributed by atoms with van der Waals surface area (Å²) in [6.45, 7) is 3.06. The van der Waals surface area contributed by atoms with Crippen molar-refractivity contribution in [1.29, 1.82) is 0 Å². The van der Waals surface area contributed by atoms with Gasteiger partial charge in [0.2, 0.25) is 0 Å². The zero-order valence-electron chi connectivity index (χ0n) is 7.49. The number of nitrogens with zero attached hydrogens (tertiary/aromatic N) is 1. The minimum Gasteiger partial charge on any atom is -0.484 e. The Morgan fingerprint density at radius 2 is 2.23 bits per heavy atom. The Hall–Kier alpha value is -1.29. The molecule has 4 heteroatoms. The quantitative estimate of drug-likeness (QED) is 0.696. The molecule has 1 atom stereocenters. The van der Waals surface area contributed by atoms with Crippen molar-refractivity contribution in [3.05, 3.63) is 17.8 Å². The zero-order chi connectivity index (χ0) is 9.26. The molecule has 70 valence electrons. The molecule has 2 rings (SSSR count). The first-order chi connectivity index (χ1) is 6.27. The fraction of sp³-hybridized carbons (Fsp3) is 0.444. The molecule has 0 fully saturated rings. The van der Waals surface area contributed by atoms with E-state index in [4.69, 9.17) is 15.2 Å². The van der Waals surface area contributed by atoms with Crippen LogP contribution in [-0.4, -0.2) is 18.2 Å². The highest BCUT2D eigenvalue weighted by Gasteiger charge is 2.14. The summed E-state index contributed by atoms with van der Waals surface area (Å²) in [6.07, 6.45) is 1.72. The third kappa shape index (κ3) is 1.58. The van der Waals surface area contributed by atoms with E-state index in [1.165, 1.54) is 0 Å². The summed E-state index contributed by atoms with van der Waals surface area (Å²) in [4.78, 5) is 4.11. The first-order valence-electron chi connectivity index (χ1n) is 4.28. The van der Waals surface area contributed by atoms with Crippen LogP contribution in [0.5, 0.6) is 11.6 Å². The molecule has 0 spiro atoms. The minimum absolute atomic E-state index is 0.0247. The normalized spacial score (nSPS) is 16.8. The monoisotopic (exact) mass is 180 g/mol. The summed E-state index contributed by atoms with van der Waals surface area (Å²) in [7, 11) is 0. The lowest BCUT2D eigenvalue weighted by atomic mass is 10.1. The number of hydrogen-bond donors (Lipinski definition) is 1. The zero-order valence-corrected chi connectivity index (χ0v) is 7.49. The van der Waals surface area contributed by atoms with E-state index in [1.807, 2.05) is 13.0 Å². The number of fused-ring (bicyclic) bond motifs is 1. The van der Waals surface area contributed by atoms with Crippen molar-refractivity contribution in [3.8, 4) is 11.6 Å². The standard InChI is InChI=1S/C9H12N2O2/c1-6(10)7-4-8-9(11-5-7)13-3-2-12-8/h4-6H,2-3,10H2,1H3. The van der Waals surface area contributed by atoms with Gasteiger partial charge in [-0.2, -0.15) is 0 Å². The lowest BCUT2D eigenvalue weighted by Gasteiger charge is -2.18. The number of hydrogen-bond acceptors (Lipinski definition) is 4. The Morgan fingerprint density at radius 1 is 1.46 bits per heavy atom. The largest absolute Gasteiger partial charge is 0.484 e. The lowest BCUT2D eigenvalue weighted by molar-refractivity contribution is 0.164. The van der Waals surface area contributed by atoms with Gasteiger partial charge in [-0.05, 0) is 18.6 Å². The van der Waals surface area contributed by atoms with E-state index >= 15 is 0 Å². The summed E-state index contributed by atoms with van der Waals surface area (Å²) in [5.41, 5.74) is 6.67. The molecular weight excluding hydrogens is 168 g/mol. The highest BCUT2D eigenvalue weighted by atomic mass is 16.6. The van der Waals surface area contributed by atoms with Crippen LogP contribution in [0.1, 0.15) is 18.5 Å². The van der Waals surface area contributed by atoms with Crippen LogP contribution in [0, 0.1) is 0 Å². The molecule has 0 radical (unpaired) electrons. The third-order valence-electron chi connectivity index (χ3n) is 1.94. The fourth-order valence-electron chi connectivity index (χ4n) is 1.20. The van der Waals surface area contributed by atoms with E-state index in [9.17, 15) is 0 Å². The average Bonchev–Trinajstić information content (AvgIpc) is 2.17. The summed E-state index contributed by atoms with van der Waals surface area (Å²) in [5.74, 6) is 1.26. The van der Waals surface area contributed by atoms with Crippen LogP contribution in [0.4, 0.5) is 0 Å². The number of aromatic nitrogens is 1. The van der Waals surface area contributed by atoms with Crippen molar-refractivity contribution < 1.29 is 9.47 Å². The Kier molecular flexibility index (Phi) is 2.06. The molecule has 4 nitrogen and oxygen atoms in total. The van der Waals surface area contributed by atoms with E-state index in [0.29, 0.717) is 24.8 Å². The van der Waals surface area contributed by atoms with E-state index in [0.717, 1.165) is 5.56 Å². The van der Waals surface area contributed by atoms with Gasteiger partial charge in [0.1, 0.15) is 13.2 Å². The molecule has 0 aliphatic carbocycles. The van der Waals surface area contributed by atoms with Gasteiger partial charge in [0.05, 0.1) is 0 Å². The Labute approximate surface area is 76.7 Å². The molecule has 0 saturated heterocycles. The van der Waals surface area contributed by atoms with Gasteiger partial charge in [0, 0.05) is 12.2 Å². The number of nitrogens with two attached hydrogens (primary N) is 1. The SMILES string of the molecule is CC(N)c1cnc2c(c1)OCCO2. The van der Waals surface area contributed by atoms with Crippen LogP contribution >= 0.6 is 0 Å². The topological polar surface area (TPSA) is 57.4 Å². The van der Waals surface area contributed by atoms with Crippen LogP contribution < -0.4 is 15.2 Å². The highest BCUT2D eigenvalue weighted by molar-refractivity contribution is 5.38. The van der Waals surface area contributed by atoms with Crippen LogP contribution in [0.2, 0.25) is 0 Å². The van der Waals surface area contributed by atoms with Crippen molar-refractivity contribution in [1.82, 2.24) is 4.98 Å². The second-order valence-electron chi connectivity index (χ2n) is 3.06. The maximum atomic E-state index is 5.71. The number of rotatable bonds is 1. The highest BCUT2D eigenvalue weighted by Crippen LogP contribution is 2.29. The van der Waals surface area contributed by atoms with Crippen LogP contribution in [0.3, 0.4) is 0 Å². The van der Waals surface area contributed by atoms with Gasteiger partial charge in [-0.1, -0.05) is 0 Å². The number of pyridine rings is 1. The first-order valence-corrected chi connectivity index (χ1v) is 4.28. The van der Waals surface area contributed by atoms with Gasteiger partial charge in [0.25, 0.3) is 5.88 Å². The molecule has 13 heavy (non-hydrogen) atoms. The first kappa shape index (κ1) is 8.31. The molecular formula is C9H12N2O2. The van der Waals surface area contributed by atoms with Crippen molar-refractivity contribution >= 4 is 0 Å². The van der Waals surface area contributed by atoms with E-state index in [1.54, 1.807) is 6.20 Å². The van der Waals surface area contributed by atoms with Crippen molar-refractivity contribution in [2.45, 2.75) is 13.0 Å². The maximum Gasteiger partial charge on any atom is 0.257 e. The molecule has 0 saturated carbocycles. The number of ether oxygens (including phenoxy) is 2. The molecule has 1 aliphatic rings. The summed E-state index contributed by atoms with van der Waals surface area (Å²) in [5, 5.41) is 0. The van der Waals surface area contributed by atoms with Gasteiger partial charge in [-0.15, -0.1) is 0 Å². The molecule has 1 aromatic rings. The molecule has 0 amide bonds. The van der Waals surface area contributed by atoms with Crippen molar-refractivity contribution in [2.24, 2.45) is 5.73 Å². The molecule has 0 bridgehead atoms. The smallest absolute Gasteiger partial charge is 0.257 e. The van der Waals surface area contributed by atoms with E-state index < -0.39 is 0 Å². The molecule has 0 aromatic carbocycles. The molecule has 2 heterocycles. The van der Waals surface area contributed by atoms with Crippen LogP contribution in [0.15, 0.2) is 12.3 Å². The maximum absolute atomic E-state index is 5.71. The fourth-order valence-corrected chi connectivity index (χ4v) is 1.20. The van der Waals surface area contributed by atoms with E-state index in [2.05, 4.69) is 4.98 Å². The summed E-state index contributed by atoms with van der Waals surface area (Å²) in [6, 6.07) is 1.86. The summed E-state index contributed by atoms with van der Waals surface area (Å²) >= 11 is 0.